The molecule has 0 saturated heterocycles. The highest BCUT2D eigenvalue weighted by Crippen LogP contribution is 2.30. The van der Waals surface area contributed by atoms with Crippen LogP contribution in [-0.2, 0) is 9.53 Å². The van der Waals surface area contributed by atoms with Crippen LogP contribution in [0.15, 0.2) is 24.3 Å². The fraction of sp³-hybridized carbons (Fsp3) is 0.462. The monoisotopic (exact) mass is 234 g/mol. The Kier molecular flexibility index (Phi) is 3.98. The lowest BCUT2D eigenvalue weighted by molar-refractivity contribution is -0.122. The van der Waals surface area contributed by atoms with Crippen molar-refractivity contribution in [2.75, 3.05) is 31.6 Å². The van der Waals surface area contributed by atoms with Gasteiger partial charge in [-0.25, -0.2) is 0 Å². The second-order valence-corrected chi connectivity index (χ2v) is 4.01. The number of fused-ring (bicyclic) bond motifs is 1. The molecule has 1 unspecified atom stereocenters. The predicted octanol–water partition coefficient (Wildman–Crippen LogP) is 1.35. The number of hydrogen-bond donors (Lipinski definition) is 2. The van der Waals surface area contributed by atoms with Crippen LogP contribution in [0.5, 0.6) is 0 Å². The first-order chi connectivity index (χ1) is 8.33. The Morgan fingerprint density at radius 3 is 3.18 bits per heavy atom. The van der Waals surface area contributed by atoms with Gasteiger partial charge < -0.3 is 15.4 Å². The Balaban J connectivity index is 1.89. The molecule has 2 rings (SSSR count). The average molecular weight is 234 g/mol. The fourth-order valence-corrected chi connectivity index (χ4v) is 2.03. The maximum atomic E-state index is 12.0. The number of anilines is 1. The minimum atomic E-state index is -0.0761. The van der Waals surface area contributed by atoms with Gasteiger partial charge in [-0.2, -0.15) is 0 Å². The molecule has 1 aliphatic heterocycles. The molecule has 0 aromatic heterocycles. The van der Waals surface area contributed by atoms with Gasteiger partial charge in [-0.1, -0.05) is 18.2 Å². The number of ether oxygens (including phenoxy) is 1. The molecule has 2 N–H and O–H groups in total. The molecular formula is C13H18N2O2. The smallest absolute Gasteiger partial charge is 0.229 e. The van der Waals surface area contributed by atoms with E-state index in [1.807, 2.05) is 31.2 Å². The summed E-state index contributed by atoms with van der Waals surface area (Å²) in [5.41, 5.74) is 2.15. The van der Waals surface area contributed by atoms with Crippen LogP contribution < -0.4 is 10.6 Å². The molecule has 4 nitrogen and oxygen atoms in total. The van der Waals surface area contributed by atoms with Crippen LogP contribution in [0.1, 0.15) is 18.4 Å². The van der Waals surface area contributed by atoms with Crippen molar-refractivity contribution < 1.29 is 9.53 Å². The molecule has 1 aliphatic rings. The first-order valence-electron chi connectivity index (χ1n) is 6.01. The number of carbonyl (C=O) groups excluding carboxylic acids is 1. The summed E-state index contributed by atoms with van der Waals surface area (Å²) >= 11 is 0. The minimum absolute atomic E-state index is 0.0714. The Labute approximate surface area is 101 Å². The highest BCUT2D eigenvalue weighted by molar-refractivity contribution is 5.88. The number of benzene rings is 1. The summed E-state index contributed by atoms with van der Waals surface area (Å²) < 4.78 is 5.19. The summed E-state index contributed by atoms with van der Waals surface area (Å²) in [6.45, 7) is 4.46. The first-order valence-corrected chi connectivity index (χ1v) is 6.01. The van der Waals surface area contributed by atoms with Gasteiger partial charge >= 0.3 is 0 Å². The van der Waals surface area contributed by atoms with Crippen LogP contribution in [0.25, 0.3) is 0 Å². The molecule has 1 heterocycles. The van der Waals surface area contributed by atoms with Crippen LogP contribution in [0.2, 0.25) is 0 Å². The van der Waals surface area contributed by atoms with Gasteiger partial charge in [0.1, 0.15) is 0 Å². The van der Waals surface area contributed by atoms with E-state index in [1.54, 1.807) is 0 Å². The molecule has 0 spiro atoms. The van der Waals surface area contributed by atoms with E-state index in [2.05, 4.69) is 10.6 Å². The van der Waals surface area contributed by atoms with Crippen LogP contribution in [0, 0.1) is 0 Å². The van der Waals surface area contributed by atoms with E-state index in [0.29, 0.717) is 26.3 Å². The van der Waals surface area contributed by atoms with E-state index in [-0.39, 0.29) is 11.8 Å². The van der Waals surface area contributed by atoms with Gasteiger partial charge in [-0.05, 0) is 18.6 Å². The summed E-state index contributed by atoms with van der Waals surface area (Å²) in [6.07, 6.45) is 0. The van der Waals surface area contributed by atoms with Crippen LogP contribution in [-0.4, -0.2) is 32.2 Å². The zero-order valence-electron chi connectivity index (χ0n) is 10.0. The Bertz CT molecular complexity index is 393. The second kappa shape index (κ2) is 5.68. The highest BCUT2D eigenvalue weighted by Gasteiger charge is 2.27. The van der Waals surface area contributed by atoms with Gasteiger partial charge in [0.15, 0.2) is 0 Å². The van der Waals surface area contributed by atoms with E-state index >= 15 is 0 Å². The van der Waals surface area contributed by atoms with E-state index in [9.17, 15) is 4.79 Å². The average Bonchev–Trinajstić information content (AvgIpc) is 2.78. The molecule has 0 radical (unpaired) electrons. The predicted molar refractivity (Wildman–Crippen MR) is 67.2 cm³/mol. The Hall–Kier alpha value is -1.55. The molecule has 1 aromatic rings. The van der Waals surface area contributed by atoms with Crippen LogP contribution in [0.3, 0.4) is 0 Å². The van der Waals surface area contributed by atoms with Gasteiger partial charge in [-0.15, -0.1) is 0 Å². The first kappa shape index (κ1) is 11.9. The van der Waals surface area contributed by atoms with Gasteiger partial charge in [0, 0.05) is 25.4 Å². The van der Waals surface area contributed by atoms with Gasteiger partial charge in [0.2, 0.25) is 5.91 Å². The van der Waals surface area contributed by atoms with Crippen molar-refractivity contribution >= 4 is 11.6 Å². The van der Waals surface area contributed by atoms with Crippen molar-refractivity contribution in [1.29, 1.82) is 0 Å². The maximum absolute atomic E-state index is 12.0. The van der Waals surface area contributed by atoms with E-state index in [0.717, 1.165) is 11.3 Å². The lowest BCUT2D eigenvalue weighted by atomic mass is 10.0. The summed E-state index contributed by atoms with van der Waals surface area (Å²) in [5, 5.41) is 6.14. The van der Waals surface area contributed by atoms with Gasteiger partial charge in [-0.3, -0.25) is 4.79 Å². The summed E-state index contributed by atoms with van der Waals surface area (Å²) in [6, 6.07) is 7.94. The molecule has 0 aliphatic carbocycles. The SMILES string of the molecule is CCOCCNC(=O)C1CNc2ccccc21. The minimum Gasteiger partial charge on any atom is -0.384 e. The molecule has 4 heteroatoms. The standard InChI is InChI=1S/C13H18N2O2/c1-2-17-8-7-14-13(16)11-9-15-12-6-4-3-5-10(11)12/h3-6,11,15H,2,7-9H2,1H3,(H,14,16). The number of rotatable bonds is 5. The molecule has 0 bridgehead atoms. The van der Waals surface area contributed by atoms with Gasteiger partial charge in [0.05, 0.1) is 12.5 Å². The van der Waals surface area contributed by atoms with Crippen molar-refractivity contribution in [3.05, 3.63) is 29.8 Å². The molecule has 17 heavy (non-hydrogen) atoms. The van der Waals surface area contributed by atoms with Crippen molar-refractivity contribution in [1.82, 2.24) is 5.32 Å². The quantitative estimate of drug-likeness (QED) is 0.756. The Morgan fingerprint density at radius 1 is 1.53 bits per heavy atom. The molecular weight excluding hydrogens is 216 g/mol. The van der Waals surface area contributed by atoms with Crippen LogP contribution in [0.4, 0.5) is 5.69 Å². The van der Waals surface area contributed by atoms with Crippen molar-refractivity contribution in [2.24, 2.45) is 0 Å². The molecule has 1 aromatic carbocycles. The number of hydrogen-bond acceptors (Lipinski definition) is 3. The molecule has 1 atom stereocenters. The Morgan fingerprint density at radius 2 is 2.35 bits per heavy atom. The second-order valence-electron chi connectivity index (χ2n) is 4.01. The van der Waals surface area contributed by atoms with Crippen molar-refractivity contribution in [2.45, 2.75) is 12.8 Å². The normalized spacial score (nSPS) is 17.4. The van der Waals surface area contributed by atoms with Crippen molar-refractivity contribution in [3.63, 3.8) is 0 Å². The maximum Gasteiger partial charge on any atom is 0.229 e. The molecule has 0 saturated carbocycles. The fourth-order valence-electron chi connectivity index (χ4n) is 2.03. The largest absolute Gasteiger partial charge is 0.384 e. The number of nitrogens with one attached hydrogen (secondary N) is 2. The van der Waals surface area contributed by atoms with Crippen LogP contribution >= 0.6 is 0 Å². The molecule has 92 valence electrons. The molecule has 0 fully saturated rings. The highest BCUT2D eigenvalue weighted by atomic mass is 16.5. The zero-order valence-corrected chi connectivity index (χ0v) is 10.0. The third-order valence-electron chi connectivity index (χ3n) is 2.90. The lowest BCUT2D eigenvalue weighted by Gasteiger charge is -2.11. The topological polar surface area (TPSA) is 50.4 Å². The lowest BCUT2D eigenvalue weighted by Crippen LogP contribution is -2.32. The third-order valence-corrected chi connectivity index (χ3v) is 2.90. The number of amides is 1. The third kappa shape index (κ3) is 2.77. The van der Waals surface area contributed by atoms with E-state index in [1.165, 1.54) is 0 Å². The summed E-state index contributed by atoms with van der Waals surface area (Å²) in [4.78, 5) is 12.0. The number of para-hydroxylation sites is 1. The van der Waals surface area contributed by atoms with E-state index < -0.39 is 0 Å². The summed E-state index contributed by atoms with van der Waals surface area (Å²) in [7, 11) is 0. The molecule has 1 amide bonds. The van der Waals surface area contributed by atoms with E-state index in [4.69, 9.17) is 4.74 Å². The zero-order chi connectivity index (χ0) is 12.1. The van der Waals surface area contributed by atoms with Crippen molar-refractivity contribution in [3.8, 4) is 0 Å². The van der Waals surface area contributed by atoms with Gasteiger partial charge in [0.25, 0.3) is 0 Å². The number of carbonyl (C=O) groups is 1. The summed E-state index contributed by atoms with van der Waals surface area (Å²) in [5.74, 6) is -0.00465.